The smallest absolute Gasteiger partial charge is 0.312 e. The zero-order chi connectivity index (χ0) is 16.1. The van der Waals surface area contributed by atoms with Crippen molar-refractivity contribution in [2.24, 2.45) is 0 Å². The van der Waals surface area contributed by atoms with Gasteiger partial charge in [-0.05, 0) is 25.5 Å². The molecule has 0 saturated heterocycles. The maximum absolute atomic E-state index is 12.4. The molecule has 1 aromatic carbocycles. The molecule has 0 atom stereocenters. The van der Waals surface area contributed by atoms with Crippen LogP contribution in [0.15, 0.2) is 43.0 Å². The Morgan fingerprint density at radius 3 is 2.55 bits per heavy atom. The minimum Gasteiger partial charge on any atom is -0.461 e. The van der Waals surface area contributed by atoms with E-state index in [4.69, 9.17) is 4.74 Å². The van der Waals surface area contributed by atoms with Gasteiger partial charge in [-0.25, -0.2) is 0 Å². The van der Waals surface area contributed by atoms with Crippen LogP contribution in [0.1, 0.15) is 32.9 Å². The molecule has 0 aliphatic heterocycles. The van der Waals surface area contributed by atoms with Gasteiger partial charge in [-0.3, -0.25) is 9.59 Å². The second kappa shape index (κ2) is 6.89. The summed E-state index contributed by atoms with van der Waals surface area (Å²) >= 11 is 0. The lowest BCUT2D eigenvalue weighted by Crippen LogP contribution is -2.09. The van der Waals surface area contributed by atoms with Crippen molar-refractivity contribution in [3.05, 3.63) is 71.1 Å². The number of aromatic nitrogens is 1. The quantitative estimate of drug-likeness (QED) is 0.506. The van der Waals surface area contributed by atoms with Gasteiger partial charge in [0.1, 0.15) is 6.61 Å². The SMILES string of the molecule is C=CCOC(=O)Cc1[nH]c(C(=O)c2ccc(C)cc2)cc1C. The van der Waals surface area contributed by atoms with Crippen LogP contribution in [0, 0.1) is 13.8 Å². The van der Waals surface area contributed by atoms with Crippen molar-refractivity contribution < 1.29 is 14.3 Å². The van der Waals surface area contributed by atoms with Crippen LogP contribution in [0.25, 0.3) is 0 Å². The van der Waals surface area contributed by atoms with Crippen LogP contribution in [-0.4, -0.2) is 23.3 Å². The van der Waals surface area contributed by atoms with E-state index < -0.39 is 0 Å². The van der Waals surface area contributed by atoms with E-state index in [1.807, 2.05) is 26.0 Å². The molecule has 0 aliphatic rings. The van der Waals surface area contributed by atoms with Crippen molar-refractivity contribution in [2.45, 2.75) is 20.3 Å². The number of hydrogen-bond donors (Lipinski definition) is 1. The summed E-state index contributed by atoms with van der Waals surface area (Å²) in [6.45, 7) is 7.51. The third-order valence-electron chi connectivity index (χ3n) is 3.36. The molecule has 0 bridgehead atoms. The van der Waals surface area contributed by atoms with Crippen LogP contribution in [0.2, 0.25) is 0 Å². The summed E-state index contributed by atoms with van der Waals surface area (Å²) in [6, 6.07) is 9.16. The van der Waals surface area contributed by atoms with Crippen molar-refractivity contribution in [2.75, 3.05) is 6.61 Å². The van der Waals surface area contributed by atoms with Gasteiger partial charge in [-0.2, -0.15) is 0 Å². The van der Waals surface area contributed by atoms with Gasteiger partial charge >= 0.3 is 5.97 Å². The fraction of sp³-hybridized carbons (Fsp3) is 0.222. The van der Waals surface area contributed by atoms with Gasteiger partial charge in [-0.1, -0.05) is 42.5 Å². The Bertz CT molecular complexity index is 696. The molecule has 2 aromatic rings. The second-order valence-electron chi connectivity index (χ2n) is 5.19. The predicted octanol–water partition coefficient (Wildman–Crippen LogP) is 3.13. The molecule has 2 rings (SSSR count). The molecule has 0 fully saturated rings. The zero-order valence-electron chi connectivity index (χ0n) is 12.8. The molecule has 4 nitrogen and oxygen atoms in total. The fourth-order valence-corrected chi connectivity index (χ4v) is 2.11. The van der Waals surface area contributed by atoms with E-state index in [9.17, 15) is 9.59 Å². The molecule has 0 spiro atoms. The number of H-pyrrole nitrogens is 1. The Morgan fingerprint density at radius 2 is 1.91 bits per heavy atom. The van der Waals surface area contributed by atoms with E-state index in [1.54, 1.807) is 18.2 Å². The normalized spacial score (nSPS) is 10.3. The van der Waals surface area contributed by atoms with Crippen molar-refractivity contribution in [1.29, 1.82) is 0 Å². The minimum absolute atomic E-state index is 0.0891. The summed E-state index contributed by atoms with van der Waals surface area (Å²) in [4.78, 5) is 27.1. The van der Waals surface area contributed by atoms with E-state index in [1.165, 1.54) is 6.08 Å². The van der Waals surface area contributed by atoms with Crippen LogP contribution >= 0.6 is 0 Å². The van der Waals surface area contributed by atoms with Crippen molar-refractivity contribution >= 4 is 11.8 Å². The Balaban J connectivity index is 2.15. The van der Waals surface area contributed by atoms with Gasteiger partial charge in [-0.15, -0.1) is 0 Å². The average Bonchev–Trinajstić information content (AvgIpc) is 2.86. The highest BCUT2D eigenvalue weighted by Crippen LogP contribution is 2.15. The van der Waals surface area contributed by atoms with Crippen LogP contribution in [-0.2, 0) is 16.0 Å². The van der Waals surface area contributed by atoms with Crippen LogP contribution in [0.3, 0.4) is 0 Å². The summed E-state index contributed by atoms with van der Waals surface area (Å²) in [5.41, 5.74) is 3.76. The number of aromatic amines is 1. The van der Waals surface area contributed by atoms with Crippen molar-refractivity contribution in [3.8, 4) is 0 Å². The Kier molecular flexibility index (Phi) is 4.94. The number of carbonyl (C=O) groups excluding carboxylic acids is 2. The average molecular weight is 297 g/mol. The largest absolute Gasteiger partial charge is 0.461 e. The lowest BCUT2D eigenvalue weighted by Gasteiger charge is -2.02. The molecule has 4 heteroatoms. The molecule has 1 N–H and O–H groups in total. The maximum Gasteiger partial charge on any atom is 0.312 e. The molecule has 0 radical (unpaired) electrons. The molecule has 1 aromatic heterocycles. The van der Waals surface area contributed by atoms with E-state index in [0.717, 1.165) is 11.1 Å². The first-order chi connectivity index (χ1) is 10.5. The molecule has 114 valence electrons. The highest BCUT2D eigenvalue weighted by atomic mass is 16.5. The van der Waals surface area contributed by atoms with E-state index in [2.05, 4.69) is 11.6 Å². The number of aryl methyl sites for hydroxylation is 2. The zero-order valence-corrected chi connectivity index (χ0v) is 12.8. The van der Waals surface area contributed by atoms with Gasteiger partial charge in [0.2, 0.25) is 5.78 Å². The Labute approximate surface area is 129 Å². The molecular formula is C18H19NO3. The van der Waals surface area contributed by atoms with Gasteiger partial charge in [0.15, 0.2) is 0 Å². The van der Waals surface area contributed by atoms with E-state index in [0.29, 0.717) is 17.0 Å². The first kappa shape index (κ1) is 15.8. The summed E-state index contributed by atoms with van der Waals surface area (Å²) < 4.78 is 4.96. The first-order valence-corrected chi connectivity index (χ1v) is 7.07. The second-order valence-corrected chi connectivity index (χ2v) is 5.19. The highest BCUT2D eigenvalue weighted by molar-refractivity contribution is 6.08. The van der Waals surface area contributed by atoms with Gasteiger partial charge in [0.05, 0.1) is 12.1 Å². The van der Waals surface area contributed by atoms with E-state index >= 15 is 0 Å². The molecule has 1 heterocycles. The lowest BCUT2D eigenvalue weighted by atomic mass is 10.1. The predicted molar refractivity (Wildman–Crippen MR) is 85.0 cm³/mol. The van der Waals surface area contributed by atoms with Crippen molar-refractivity contribution in [1.82, 2.24) is 4.98 Å². The fourth-order valence-electron chi connectivity index (χ4n) is 2.11. The van der Waals surface area contributed by atoms with Gasteiger partial charge < -0.3 is 9.72 Å². The third-order valence-corrected chi connectivity index (χ3v) is 3.36. The Morgan fingerprint density at radius 1 is 1.23 bits per heavy atom. The summed E-state index contributed by atoms with van der Waals surface area (Å²) in [7, 11) is 0. The number of ketones is 1. The number of nitrogens with one attached hydrogen (secondary N) is 1. The summed E-state index contributed by atoms with van der Waals surface area (Å²) in [5.74, 6) is -0.437. The summed E-state index contributed by atoms with van der Waals surface area (Å²) in [6.07, 6.45) is 1.63. The maximum atomic E-state index is 12.4. The third kappa shape index (κ3) is 3.73. The van der Waals surface area contributed by atoms with Gasteiger partial charge in [0.25, 0.3) is 0 Å². The number of esters is 1. The van der Waals surface area contributed by atoms with Crippen molar-refractivity contribution in [3.63, 3.8) is 0 Å². The molecular weight excluding hydrogens is 278 g/mol. The van der Waals surface area contributed by atoms with E-state index in [-0.39, 0.29) is 24.8 Å². The molecule has 0 amide bonds. The molecule has 22 heavy (non-hydrogen) atoms. The Hall–Kier alpha value is -2.62. The minimum atomic E-state index is -0.348. The summed E-state index contributed by atoms with van der Waals surface area (Å²) in [5, 5.41) is 0. The highest BCUT2D eigenvalue weighted by Gasteiger charge is 2.15. The standard InChI is InChI=1S/C18H19NO3/c1-4-9-22-17(20)11-15-13(3)10-16(19-15)18(21)14-7-5-12(2)6-8-14/h4-8,10,19H,1,9,11H2,2-3H3. The van der Waals surface area contributed by atoms with Crippen LogP contribution < -0.4 is 0 Å². The number of carbonyl (C=O) groups is 2. The molecule has 0 aliphatic carbocycles. The van der Waals surface area contributed by atoms with Crippen LogP contribution in [0.4, 0.5) is 0 Å². The monoisotopic (exact) mass is 297 g/mol. The topological polar surface area (TPSA) is 59.2 Å². The molecule has 0 unspecified atom stereocenters. The molecule has 0 saturated carbocycles. The van der Waals surface area contributed by atoms with Crippen LogP contribution in [0.5, 0.6) is 0 Å². The lowest BCUT2D eigenvalue weighted by molar-refractivity contribution is -0.141. The number of rotatable bonds is 6. The first-order valence-electron chi connectivity index (χ1n) is 7.07. The number of hydrogen-bond acceptors (Lipinski definition) is 3. The number of benzene rings is 1. The number of ether oxygens (including phenoxy) is 1. The van der Waals surface area contributed by atoms with Gasteiger partial charge in [0, 0.05) is 11.3 Å².